The van der Waals surface area contributed by atoms with Crippen molar-refractivity contribution in [3.8, 4) is 0 Å². The van der Waals surface area contributed by atoms with Crippen molar-refractivity contribution in [2.45, 2.75) is 71.3 Å². The number of aryl methyl sites for hydroxylation is 1. The molecular weight excluding hydrogens is 258 g/mol. The van der Waals surface area contributed by atoms with Crippen molar-refractivity contribution in [3.63, 3.8) is 0 Å². The Balaban J connectivity index is 1.70. The van der Waals surface area contributed by atoms with E-state index in [1.54, 1.807) is 0 Å². The van der Waals surface area contributed by atoms with Crippen molar-refractivity contribution in [2.24, 2.45) is 17.8 Å². The molecule has 21 heavy (non-hydrogen) atoms. The fourth-order valence-electron chi connectivity index (χ4n) is 4.63. The van der Waals surface area contributed by atoms with Crippen LogP contribution in [-0.2, 0) is 0 Å². The number of nitrogens with one attached hydrogen (secondary N) is 1. The van der Waals surface area contributed by atoms with Gasteiger partial charge in [-0.15, -0.1) is 0 Å². The van der Waals surface area contributed by atoms with Gasteiger partial charge in [-0.05, 0) is 69.0 Å². The second-order valence-electron chi connectivity index (χ2n) is 7.26. The van der Waals surface area contributed by atoms with Gasteiger partial charge in [-0.3, -0.25) is 0 Å². The fraction of sp³-hybridized carbons (Fsp3) is 0.789. The first-order valence-electron chi connectivity index (χ1n) is 9.07. The molecule has 1 heterocycles. The zero-order chi connectivity index (χ0) is 14.7. The van der Waals surface area contributed by atoms with Crippen LogP contribution in [0.1, 0.15) is 75.9 Å². The van der Waals surface area contributed by atoms with Gasteiger partial charge in [0.15, 0.2) is 0 Å². The smallest absolute Gasteiger partial charge is 0.121 e. The Morgan fingerprint density at radius 2 is 1.95 bits per heavy atom. The molecule has 0 saturated heterocycles. The molecule has 1 N–H and O–H groups in total. The minimum absolute atomic E-state index is 0.432. The van der Waals surface area contributed by atoms with E-state index in [1.807, 2.05) is 0 Å². The van der Waals surface area contributed by atoms with Crippen LogP contribution in [0.5, 0.6) is 0 Å². The van der Waals surface area contributed by atoms with E-state index < -0.39 is 0 Å². The molecule has 2 heteroatoms. The third-order valence-corrected chi connectivity index (χ3v) is 5.73. The van der Waals surface area contributed by atoms with Crippen LogP contribution in [0.2, 0.25) is 0 Å². The largest absolute Gasteiger partial charge is 0.465 e. The van der Waals surface area contributed by atoms with Gasteiger partial charge < -0.3 is 9.73 Å². The Bertz CT molecular complexity index is 439. The van der Waals surface area contributed by atoms with Crippen LogP contribution in [0, 0.1) is 24.7 Å². The molecule has 2 aliphatic carbocycles. The molecule has 0 radical (unpaired) electrons. The highest BCUT2D eigenvalue weighted by Gasteiger charge is 2.36. The van der Waals surface area contributed by atoms with Gasteiger partial charge in [0, 0.05) is 0 Å². The van der Waals surface area contributed by atoms with E-state index in [9.17, 15) is 0 Å². The summed E-state index contributed by atoms with van der Waals surface area (Å²) >= 11 is 0. The summed E-state index contributed by atoms with van der Waals surface area (Å²) in [6.45, 7) is 5.39. The van der Waals surface area contributed by atoms with Gasteiger partial charge >= 0.3 is 0 Å². The first-order chi connectivity index (χ1) is 10.3. The van der Waals surface area contributed by atoms with E-state index in [-0.39, 0.29) is 0 Å². The average molecular weight is 289 g/mol. The molecule has 2 fully saturated rings. The first kappa shape index (κ1) is 15.1. The average Bonchev–Trinajstić information content (AvgIpc) is 2.94. The number of rotatable bonds is 5. The van der Waals surface area contributed by atoms with Crippen molar-refractivity contribution >= 4 is 0 Å². The fourth-order valence-corrected chi connectivity index (χ4v) is 4.63. The lowest BCUT2D eigenvalue weighted by atomic mass is 9.66. The molecule has 0 aliphatic heterocycles. The third-order valence-electron chi connectivity index (χ3n) is 5.73. The summed E-state index contributed by atoms with van der Waals surface area (Å²) in [5.41, 5.74) is 0. The topological polar surface area (TPSA) is 25.2 Å². The lowest BCUT2D eigenvalue weighted by Gasteiger charge is -2.41. The molecule has 1 aromatic heterocycles. The van der Waals surface area contributed by atoms with Crippen molar-refractivity contribution in [1.82, 2.24) is 5.32 Å². The predicted octanol–water partition coefficient (Wildman–Crippen LogP) is 5.24. The number of hydrogen-bond acceptors (Lipinski definition) is 2. The van der Waals surface area contributed by atoms with Gasteiger partial charge in [-0.25, -0.2) is 0 Å². The van der Waals surface area contributed by atoms with Crippen molar-refractivity contribution in [3.05, 3.63) is 23.7 Å². The Morgan fingerprint density at radius 3 is 2.67 bits per heavy atom. The first-order valence-corrected chi connectivity index (χ1v) is 9.07. The van der Waals surface area contributed by atoms with Gasteiger partial charge in [0.1, 0.15) is 11.5 Å². The molecule has 2 aliphatic rings. The van der Waals surface area contributed by atoms with Gasteiger partial charge in [-0.2, -0.15) is 0 Å². The molecule has 2 nitrogen and oxygen atoms in total. The Labute approximate surface area is 129 Å². The van der Waals surface area contributed by atoms with Gasteiger partial charge in [-0.1, -0.05) is 32.6 Å². The molecule has 0 amide bonds. The Kier molecular flexibility index (Phi) is 5.05. The zero-order valence-corrected chi connectivity index (χ0v) is 13.7. The quantitative estimate of drug-likeness (QED) is 0.802. The highest BCUT2D eigenvalue weighted by Crippen LogP contribution is 2.46. The summed E-state index contributed by atoms with van der Waals surface area (Å²) < 4.78 is 5.97. The second kappa shape index (κ2) is 7.00. The summed E-state index contributed by atoms with van der Waals surface area (Å²) in [7, 11) is 0. The van der Waals surface area contributed by atoms with Crippen LogP contribution < -0.4 is 5.32 Å². The maximum Gasteiger partial charge on any atom is 0.121 e. The van der Waals surface area contributed by atoms with Crippen molar-refractivity contribution < 1.29 is 4.42 Å². The summed E-state index contributed by atoms with van der Waals surface area (Å²) in [4.78, 5) is 0. The molecule has 118 valence electrons. The highest BCUT2D eigenvalue weighted by molar-refractivity contribution is 5.11. The van der Waals surface area contributed by atoms with Crippen LogP contribution in [0.4, 0.5) is 0 Å². The van der Waals surface area contributed by atoms with E-state index in [2.05, 4.69) is 31.3 Å². The van der Waals surface area contributed by atoms with Crippen molar-refractivity contribution in [1.29, 1.82) is 0 Å². The van der Waals surface area contributed by atoms with E-state index in [1.165, 1.54) is 57.1 Å². The number of fused-ring (bicyclic) bond motifs is 1. The highest BCUT2D eigenvalue weighted by atomic mass is 16.3. The summed E-state index contributed by atoms with van der Waals surface area (Å²) in [6, 6.07) is 4.74. The second-order valence-corrected chi connectivity index (χ2v) is 7.26. The van der Waals surface area contributed by atoms with Crippen molar-refractivity contribution in [2.75, 3.05) is 6.54 Å². The standard InChI is InChI=1S/C19H31NO/c1-3-12-20-19(18-11-8-14(2)21-18)17-10-9-15-6-4-5-7-16(15)13-17/h8,11,15-17,19-20H,3-7,9-10,12-13H2,1-2H3. The molecule has 3 rings (SSSR count). The van der Waals surface area contributed by atoms with Gasteiger partial charge in [0.25, 0.3) is 0 Å². The predicted molar refractivity (Wildman–Crippen MR) is 87.3 cm³/mol. The van der Waals surface area contributed by atoms with E-state index in [0.29, 0.717) is 6.04 Å². The summed E-state index contributed by atoms with van der Waals surface area (Å²) in [5.74, 6) is 4.99. The molecule has 0 bridgehead atoms. The van der Waals surface area contributed by atoms with Crippen LogP contribution in [0.25, 0.3) is 0 Å². The molecule has 0 aromatic carbocycles. The van der Waals surface area contributed by atoms with Crippen LogP contribution in [-0.4, -0.2) is 6.54 Å². The van der Waals surface area contributed by atoms with Crippen LogP contribution >= 0.6 is 0 Å². The maximum atomic E-state index is 5.97. The minimum atomic E-state index is 0.432. The van der Waals surface area contributed by atoms with E-state index in [4.69, 9.17) is 4.42 Å². The molecular formula is C19H31NO. The minimum Gasteiger partial charge on any atom is -0.465 e. The molecule has 1 aromatic rings. The SMILES string of the molecule is CCCNC(c1ccc(C)o1)C1CCC2CCCCC2C1. The van der Waals surface area contributed by atoms with Crippen LogP contribution in [0.3, 0.4) is 0 Å². The number of furan rings is 1. The molecule has 4 atom stereocenters. The summed E-state index contributed by atoms with van der Waals surface area (Å²) in [5, 5.41) is 3.77. The Morgan fingerprint density at radius 1 is 1.14 bits per heavy atom. The lowest BCUT2D eigenvalue weighted by Crippen LogP contribution is -2.35. The number of hydrogen-bond donors (Lipinski definition) is 1. The van der Waals surface area contributed by atoms with E-state index >= 15 is 0 Å². The maximum absolute atomic E-state index is 5.97. The zero-order valence-electron chi connectivity index (χ0n) is 13.7. The Hall–Kier alpha value is -0.760. The third kappa shape index (κ3) is 3.53. The molecule has 0 spiro atoms. The normalized spacial score (nSPS) is 30.9. The monoisotopic (exact) mass is 289 g/mol. The van der Waals surface area contributed by atoms with E-state index in [0.717, 1.165) is 30.1 Å². The van der Waals surface area contributed by atoms with Gasteiger partial charge in [0.2, 0.25) is 0 Å². The van der Waals surface area contributed by atoms with Crippen LogP contribution in [0.15, 0.2) is 16.5 Å². The molecule has 4 unspecified atom stereocenters. The lowest BCUT2D eigenvalue weighted by molar-refractivity contribution is 0.104. The molecule has 2 saturated carbocycles. The summed E-state index contributed by atoms with van der Waals surface area (Å²) in [6.07, 6.45) is 11.3. The van der Waals surface area contributed by atoms with Gasteiger partial charge in [0.05, 0.1) is 6.04 Å².